The van der Waals surface area contributed by atoms with Crippen LogP contribution in [0.5, 0.6) is 0 Å². The highest BCUT2D eigenvalue weighted by Crippen LogP contribution is 2.31. The Morgan fingerprint density at radius 2 is 2.08 bits per heavy atom. The first-order chi connectivity index (χ1) is 11.5. The number of hydrogen-bond acceptors (Lipinski definition) is 7. The highest BCUT2D eigenvalue weighted by Gasteiger charge is 2.35. The lowest BCUT2D eigenvalue weighted by Gasteiger charge is -2.20. The molecule has 4 heterocycles. The second-order valence-corrected chi connectivity index (χ2v) is 6.01. The van der Waals surface area contributed by atoms with Gasteiger partial charge in [-0.25, -0.2) is 9.50 Å². The number of carbonyl (C=O) groups is 1. The minimum atomic E-state index is -0.234. The molecule has 9 nitrogen and oxygen atoms in total. The molecule has 4 rings (SSSR count). The summed E-state index contributed by atoms with van der Waals surface area (Å²) in [7, 11) is 0. The minimum Gasteiger partial charge on any atom is -0.340 e. The summed E-state index contributed by atoms with van der Waals surface area (Å²) >= 11 is 0. The van der Waals surface area contributed by atoms with Crippen LogP contribution in [0.3, 0.4) is 0 Å². The van der Waals surface area contributed by atoms with Crippen LogP contribution in [-0.2, 0) is 0 Å². The maximum Gasteiger partial charge on any atom is 0.294 e. The van der Waals surface area contributed by atoms with E-state index in [1.807, 2.05) is 19.9 Å². The van der Waals surface area contributed by atoms with E-state index in [1.54, 1.807) is 16.3 Å². The van der Waals surface area contributed by atoms with Gasteiger partial charge in [0.15, 0.2) is 5.82 Å². The van der Waals surface area contributed by atoms with E-state index in [-0.39, 0.29) is 17.8 Å². The molecule has 0 saturated carbocycles. The number of fused-ring (bicyclic) bond motifs is 1. The summed E-state index contributed by atoms with van der Waals surface area (Å²) in [6, 6.07) is 1.70. The molecule has 0 bridgehead atoms. The van der Waals surface area contributed by atoms with E-state index in [0.29, 0.717) is 24.0 Å². The van der Waals surface area contributed by atoms with Crippen LogP contribution in [0, 0.1) is 20.8 Å². The van der Waals surface area contributed by atoms with E-state index in [1.165, 1.54) is 0 Å². The van der Waals surface area contributed by atoms with Crippen molar-refractivity contribution in [3.8, 4) is 0 Å². The van der Waals surface area contributed by atoms with Gasteiger partial charge in [-0.15, -0.1) is 5.10 Å². The van der Waals surface area contributed by atoms with Crippen molar-refractivity contribution in [2.45, 2.75) is 39.7 Å². The van der Waals surface area contributed by atoms with Gasteiger partial charge in [-0.3, -0.25) is 4.79 Å². The van der Waals surface area contributed by atoms with E-state index in [2.05, 4.69) is 25.2 Å². The summed E-state index contributed by atoms with van der Waals surface area (Å²) in [4.78, 5) is 27.5. The number of nitrogens with zero attached hydrogens (tertiary/aromatic N) is 7. The molecule has 9 heteroatoms. The van der Waals surface area contributed by atoms with E-state index >= 15 is 0 Å². The number of aromatic nitrogens is 6. The second-order valence-electron chi connectivity index (χ2n) is 6.01. The van der Waals surface area contributed by atoms with Crippen LogP contribution in [0.4, 0.5) is 0 Å². The van der Waals surface area contributed by atoms with Crippen molar-refractivity contribution in [3.05, 3.63) is 35.0 Å². The van der Waals surface area contributed by atoms with Crippen LogP contribution in [0.2, 0.25) is 0 Å². The number of aryl methyl sites for hydroxylation is 3. The Labute approximate surface area is 137 Å². The quantitative estimate of drug-likeness (QED) is 0.701. The smallest absolute Gasteiger partial charge is 0.294 e. The predicted molar refractivity (Wildman–Crippen MR) is 82.3 cm³/mol. The Hall–Kier alpha value is -2.84. The molecule has 1 unspecified atom stereocenters. The summed E-state index contributed by atoms with van der Waals surface area (Å²) in [5.74, 6) is 1.37. The van der Waals surface area contributed by atoms with E-state index < -0.39 is 0 Å². The van der Waals surface area contributed by atoms with Gasteiger partial charge in [0.1, 0.15) is 0 Å². The fourth-order valence-corrected chi connectivity index (χ4v) is 3.11. The Morgan fingerprint density at radius 1 is 1.25 bits per heavy atom. The maximum absolute atomic E-state index is 12.9. The first-order valence-corrected chi connectivity index (χ1v) is 7.85. The highest BCUT2D eigenvalue weighted by molar-refractivity contribution is 5.91. The van der Waals surface area contributed by atoms with Crippen LogP contribution >= 0.6 is 0 Å². The monoisotopic (exact) mass is 327 g/mol. The number of carbonyl (C=O) groups excluding carboxylic acids is 1. The Kier molecular flexibility index (Phi) is 3.29. The zero-order valence-corrected chi connectivity index (χ0v) is 13.7. The number of hydrogen-bond donors (Lipinski definition) is 0. The molecule has 0 aliphatic carbocycles. The molecular weight excluding hydrogens is 310 g/mol. The van der Waals surface area contributed by atoms with Gasteiger partial charge in [-0.05, 0) is 32.8 Å². The molecule has 1 aliphatic rings. The summed E-state index contributed by atoms with van der Waals surface area (Å²) in [5.41, 5.74) is 1.73. The third-order valence-electron chi connectivity index (χ3n) is 4.16. The lowest BCUT2D eigenvalue weighted by Crippen LogP contribution is -2.32. The van der Waals surface area contributed by atoms with Gasteiger partial charge in [-0.2, -0.15) is 9.97 Å². The molecule has 3 aromatic rings. The molecule has 124 valence electrons. The standard InChI is InChI=1S/C15H17N7O2/c1-8-7-9(2)22-15(16-8)18-13(19-22)14(23)21-6-4-5-11(21)12-17-10(3)24-20-12/h7,11H,4-6H2,1-3H3. The number of amides is 1. The average molecular weight is 327 g/mol. The van der Waals surface area contributed by atoms with Crippen LogP contribution in [0.1, 0.15) is 52.6 Å². The van der Waals surface area contributed by atoms with Crippen molar-refractivity contribution in [2.24, 2.45) is 0 Å². The predicted octanol–water partition coefficient (Wildman–Crippen LogP) is 1.41. The van der Waals surface area contributed by atoms with Gasteiger partial charge >= 0.3 is 0 Å². The molecule has 0 aromatic carbocycles. The highest BCUT2D eigenvalue weighted by atomic mass is 16.5. The molecule has 0 N–H and O–H groups in total. The molecule has 1 amide bonds. The third-order valence-corrected chi connectivity index (χ3v) is 4.16. The molecule has 24 heavy (non-hydrogen) atoms. The van der Waals surface area contributed by atoms with E-state index in [9.17, 15) is 4.79 Å². The van der Waals surface area contributed by atoms with Crippen LogP contribution in [0.25, 0.3) is 5.78 Å². The van der Waals surface area contributed by atoms with Gasteiger partial charge in [0.05, 0.1) is 6.04 Å². The van der Waals surface area contributed by atoms with Gasteiger partial charge < -0.3 is 9.42 Å². The van der Waals surface area contributed by atoms with Gasteiger partial charge in [0, 0.05) is 24.9 Å². The molecule has 0 spiro atoms. The zero-order chi connectivity index (χ0) is 16.8. The van der Waals surface area contributed by atoms with Crippen molar-refractivity contribution < 1.29 is 9.32 Å². The van der Waals surface area contributed by atoms with Crippen molar-refractivity contribution in [1.82, 2.24) is 34.6 Å². The fourth-order valence-electron chi connectivity index (χ4n) is 3.11. The Bertz CT molecular complexity index is 929. The number of likely N-dealkylation sites (tertiary alicyclic amines) is 1. The fraction of sp³-hybridized carbons (Fsp3) is 0.467. The van der Waals surface area contributed by atoms with E-state index in [4.69, 9.17) is 4.52 Å². The van der Waals surface area contributed by atoms with Crippen molar-refractivity contribution in [1.29, 1.82) is 0 Å². The molecule has 1 atom stereocenters. The first-order valence-electron chi connectivity index (χ1n) is 7.85. The topological polar surface area (TPSA) is 102 Å². The lowest BCUT2D eigenvalue weighted by atomic mass is 10.2. The van der Waals surface area contributed by atoms with Crippen molar-refractivity contribution in [2.75, 3.05) is 6.54 Å². The maximum atomic E-state index is 12.9. The first kappa shape index (κ1) is 14.7. The second kappa shape index (κ2) is 5.36. The summed E-state index contributed by atoms with van der Waals surface area (Å²) in [6.07, 6.45) is 1.68. The Morgan fingerprint density at radius 3 is 2.83 bits per heavy atom. The van der Waals surface area contributed by atoms with Crippen LogP contribution in [0.15, 0.2) is 10.6 Å². The lowest BCUT2D eigenvalue weighted by molar-refractivity contribution is 0.0716. The molecule has 3 aromatic heterocycles. The molecule has 1 fully saturated rings. The van der Waals surface area contributed by atoms with Crippen LogP contribution in [-0.4, -0.2) is 47.1 Å². The van der Waals surface area contributed by atoms with Gasteiger partial charge in [-0.1, -0.05) is 5.16 Å². The molecule has 1 saturated heterocycles. The summed E-state index contributed by atoms with van der Waals surface area (Å²) in [5, 5.41) is 8.27. The SMILES string of the molecule is Cc1cc(C)n2nc(C(=O)N3CCCC3c3noc(C)n3)nc2n1. The molecular formula is C15H17N7O2. The normalized spacial score (nSPS) is 17.8. The van der Waals surface area contributed by atoms with E-state index in [0.717, 1.165) is 24.2 Å². The van der Waals surface area contributed by atoms with Crippen molar-refractivity contribution in [3.63, 3.8) is 0 Å². The zero-order valence-electron chi connectivity index (χ0n) is 13.7. The van der Waals surface area contributed by atoms with Crippen LogP contribution < -0.4 is 0 Å². The van der Waals surface area contributed by atoms with Crippen molar-refractivity contribution >= 4 is 11.7 Å². The minimum absolute atomic E-state index is 0.142. The summed E-state index contributed by atoms with van der Waals surface area (Å²) < 4.78 is 6.63. The molecule has 0 radical (unpaired) electrons. The third kappa shape index (κ3) is 2.32. The molecule has 1 aliphatic heterocycles. The van der Waals surface area contributed by atoms with Gasteiger partial charge in [0.2, 0.25) is 11.7 Å². The Balaban J connectivity index is 1.69. The average Bonchev–Trinajstić information content (AvgIpc) is 3.23. The largest absolute Gasteiger partial charge is 0.340 e. The number of rotatable bonds is 2. The summed E-state index contributed by atoms with van der Waals surface area (Å²) in [6.45, 7) is 6.15. The van der Waals surface area contributed by atoms with Gasteiger partial charge in [0.25, 0.3) is 11.7 Å².